The molecule has 0 aliphatic heterocycles. The van der Waals surface area contributed by atoms with Crippen molar-refractivity contribution in [1.82, 2.24) is 0 Å². The summed E-state index contributed by atoms with van der Waals surface area (Å²) in [6.07, 6.45) is 1.36. The molecule has 0 aromatic rings. The molecule has 0 N–H and O–H groups in total. The van der Waals surface area contributed by atoms with Crippen LogP contribution in [0.3, 0.4) is 0 Å². The van der Waals surface area contributed by atoms with Crippen LogP contribution in [-0.2, 0) is 9.53 Å². The first kappa shape index (κ1) is 10.8. The van der Waals surface area contributed by atoms with E-state index in [1.54, 1.807) is 0 Å². The number of alkyl halides is 1. The lowest BCUT2D eigenvalue weighted by atomic mass is 10.1. The van der Waals surface area contributed by atoms with Crippen LogP contribution in [0.15, 0.2) is 0 Å². The van der Waals surface area contributed by atoms with Gasteiger partial charge in [0.25, 0.3) is 0 Å². The Morgan fingerprint density at radius 3 is 2.73 bits per heavy atom. The maximum Gasteiger partial charge on any atom is 0.306 e. The highest BCUT2D eigenvalue weighted by molar-refractivity contribution is 6.17. The van der Waals surface area contributed by atoms with Gasteiger partial charge in [-0.05, 0) is 19.3 Å². The fourth-order valence-electron chi connectivity index (χ4n) is 0.793. The van der Waals surface area contributed by atoms with Crippen LogP contribution < -0.4 is 0 Å². The van der Waals surface area contributed by atoms with Crippen molar-refractivity contribution in [1.29, 1.82) is 0 Å². The molecule has 1 atom stereocenters. The minimum Gasteiger partial charge on any atom is -0.466 e. The maximum absolute atomic E-state index is 10.9. The van der Waals surface area contributed by atoms with Crippen LogP contribution in [-0.4, -0.2) is 18.5 Å². The van der Waals surface area contributed by atoms with Gasteiger partial charge in [-0.25, -0.2) is 0 Å². The summed E-state index contributed by atoms with van der Waals surface area (Å²) in [7, 11) is 0. The van der Waals surface area contributed by atoms with E-state index in [0.717, 1.165) is 6.42 Å². The molecule has 0 spiro atoms. The second-order valence-corrected chi connectivity index (χ2v) is 2.97. The average molecular weight is 179 g/mol. The predicted octanol–water partition coefficient (Wildman–Crippen LogP) is 2.20. The first-order valence-electron chi connectivity index (χ1n) is 3.92. The Hall–Kier alpha value is -0.240. The van der Waals surface area contributed by atoms with Crippen molar-refractivity contribution in [3.05, 3.63) is 0 Å². The van der Waals surface area contributed by atoms with Gasteiger partial charge in [0.15, 0.2) is 0 Å². The number of hydrogen-bond donors (Lipinski definition) is 0. The molecule has 0 bridgehead atoms. The first-order valence-corrected chi connectivity index (χ1v) is 4.45. The van der Waals surface area contributed by atoms with Gasteiger partial charge in [0.2, 0.25) is 0 Å². The summed E-state index contributed by atoms with van der Waals surface area (Å²) in [5.74, 6) is 0.831. The van der Waals surface area contributed by atoms with E-state index in [2.05, 4.69) is 0 Å². The number of ether oxygens (including phenoxy) is 1. The molecule has 0 aromatic carbocycles. The van der Waals surface area contributed by atoms with Gasteiger partial charge in [-0.1, -0.05) is 6.92 Å². The highest BCUT2D eigenvalue weighted by Gasteiger charge is 2.08. The van der Waals surface area contributed by atoms with E-state index < -0.39 is 0 Å². The van der Waals surface area contributed by atoms with E-state index in [-0.39, 0.29) is 5.97 Å². The van der Waals surface area contributed by atoms with Crippen LogP contribution in [0.4, 0.5) is 0 Å². The van der Waals surface area contributed by atoms with Crippen molar-refractivity contribution in [3.63, 3.8) is 0 Å². The highest BCUT2D eigenvalue weighted by atomic mass is 35.5. The SMILES string of the molecule is CCOC(=O)C[C@@H](C)CCCl. The van der Waals surface area contributed by atoms with E-state index in [0.29, 0.717) is 24.8 Å². The molecule has 0 heterocycles. The van der Waals surface area contributed by atoms with E-state index in [1.807, 2.05) is 13.8 Å². The number of esters is 1. The van der Waals surface area contributed by atoms with E-state index in [1.165, 1.54) is 0 Å². The van der Waals surface area contributed by atoms with Crippen LogP contribution in [0.2, 0.25) is 0 Å². The van der Waals surface area contributed by atoms with Crippen LogP contribution in [0, 0.1) is 5.92 Å². The summed E-state index contributed by atoms with van der Waals surface area (Å²) in [5.41, 5.74) is 0. The summed E-state index contributed by atoms with van der Waals surface area (Å²) in [6.45, 7) is 4.27. The minimum atomic E-state index is -0.120. The fraction of sp³-hybridized carbons (Fsp3) is 0.875. The van der Waals surface area contributed by atoms with Crippen LogP contribution in [0.1, 0.15) is 26.7 Å². The smallest absolute Gasteiger partial charge is 0.306 e. The Kier molecular flexibility index (Phi) is 6.33. The fourth-order valence-corrected chi connectivity index (χ4v) is 1.17. The third-order valence-corrected chi connectivity index (χ3v) is 1.64. The van der Waals surface area contributed by atoms with Crippen LogP contribution in [0.5, 0.6) is 0 Å². The van der Waals surface area contributed by atoms with Gasteiger partial charge in [-0.15, -0.1) is 11.6 Å². The summed E-state index contributed by atoms with van der Waals surface area (Å²) in [4.78, 5) is 10.9. The minimum absolute atomic E-state index is 0.120. The Morgan fingerprint density at radius 1 is 1.64 bits per heavy atom. The van der Waals surface area contributed by atoms with Gasteiger partial charge in [0.1, 0.15) is 0 Å². The molecule has 0 aromatic heterocycles. The molecule has 0 radical (unpaired) electrons. The molecule has 2 nitrogen and oxygen atoms in total. The van der Waals surface area contributed by atoms with Crippen molar-refractivity contribution >= 4 is 17.6 Å². The summed E-state index contributed by atoms with van der Waals surface area (Å²) < 4.78 is 4.78. The van der Waals surface area contributed by atoms with E-state index in [9.17, 15) is 4.79 Å². The van der Waals surface area contributed by atoms with Gasteiger partial charge in [0.05, 0.1) is 6.61 Å². The summed E-state index contributed by atoms with van der Waals surface area (Å²) in [5, 5.41) is 0. The third kappa shape index (κ3) is 6.17. The molecule has 0 aliphatic rings. The molecule has 0 aliphatic carbocycles. The lowest BCUT2D eigenvalue weighted by molar-refractivity contribution is -0.144. The largest absolute Gasteiger partial charge is 0.466 e. The molecule has 0 rings (SSSR count). The van der Waals surface area contributed by atoms with E-state index in [4.69, 9.17) is 16.3 Å². The second-order valence-electron chi connectivity index (χ2n) is 2.59. The molecule has 3 heteroatoms. The quantitative estimate of drug-likeness (QED) is 0.477. The average Bonchev–Trinajstić information content (AvgIpc) is 1.87. The zero-order valence-electron chi connectivity index (χ0n) is 7.10. The Labute approximate surface area is 72.9 Å². The van der Waals surface area contributed by atoms with Gasteiger partial charge in [0, 0.05) is 12.3 Å². The summed E-state index contributed by atoms with van der Waals surface area (Å²) in [6, 6.07) is 0. The molecule has 11 heavy (non-hydrogen) atoms. The molecule has 0 saturated heterocycles. The Morgan fingerprint density at radius 2 is 2.27 bits per heavy atom. The van der Waals surface area contributed by atoms with Gasteiger partial charge >= 0.3 is 5.97 Å². The van der Waals surface area contributed by atoms with Crippen LogP contribution in [0.25, 0.3) is 0 Å². The standard InChI is InChI=1S/C8H15ClO2/c1-3-11-8(10)6-7(2)4-5-9/h7H,3-6H2,1-2H3/t7-/m0/s1. The third-order valence-electron chi connectivity index (χ3n) is 1.42. The predicted molar refractivity (Wildman–Crippen MR) is 45.8 cm³/mol. The molecule has 0 saturated carbocycles. The van der Waals surface area contributed by atoms with Crippen molar-refractivity contribution in [2.24, 2.45) is 5.92 Å². The molecular weight excluding hydrogens is 164 g/mol. The summed E-state index contributed by atoms with van der Waals surface area (Å²) >= 11 is 5.50. The maximum atomic E-state index is 10.9. The van der Waals surface area contributed by atoms with Gasteiger partial charge in [-0.2, -0.15) is 0 Å². The molecule has 0 fully saturated rings. The first-order chi connectivity index (χ1) is 5.20. The van der Waals surface area contributed by atoms with Gasteiger partial charge < -0.3 is 4.74 Å². The Bertz CT molecular complexity index is 115. The zero-order valence-corrected chi connectivity index (χ0v) is 7.86. The zero-order chi connectivity index (χ0) is 8.69. The number of rotatable bonds is 5. The molecular formula is C8H15ClO2. The normalized spacial score (nSPS) is 12.6. The van der Waals surface area contributed by atoms with Crippen molar-refractivity contribution in [3.8, 4) is 0 Å². The number of carbonyl (C=O) groups is 1. The molecule has 66 valence electrons. The topological polar surface area (TPSA) is 26.3 Å². The monoisotopic (exact) mass is 178 g/mol. The van der Waals surface area contributed by atoms with E-state index >= 15 is 0 Å². The van der Waals surface area contributed by atoms with Gasteiger partial charge in [-0.3, -0.25) is 4.79 Å². The lowest BCUT2D eigenvalue weighted by Crippen LogP contribution is -2.09. The second kappa shape index (κ2) is 6.47. The van der Waals surface area contributed by atoms with Crippen LogP contribution >= 0.6 is 11.6 Å². The molecule has 0 unspecified atom stereocenters. The number of halogens is 1. The highest BCUT2D eigenvalue weighted by Crippen LogP contribution is 2.08. The van der Waals surface area contributed by atoms with Crippen molar-refractivity contribution in [2.45, 2.75) is 26.7 Å². The van der Waals surface area contributed by atoms with Crippen molar-refractivity contribution < 1.29 is 9.53 Å². The van der Waals surface area contributed by atoms with Crippen molar-refractivity contribution in [2.75, 3.05) is 12.5 Å². The number of carbonyl (C=O) groups excluding carboxylic acids is 1. The lowest BCUT2D eigenvalue weighted by Gasteiger charge is -2.07. The number of hydrogen-bond acceptors (Lipinski definition) is 2. The molecule has 0 amide bonds. The Balaban J connectivity index is 3.40.